The topological polar surface area (TPSA) is 79.4 Å². The molecule has 1 fully saturated rings. The molecule has 0 radical (unpaired) electrons. The van der Waals surface area contributed by atoms with Crippen LogP contribution in [0.25, 0.3) is 0 Å². The van der Waals surface area contributed by atoms with E-state index in [4.69, 9.17) is 4.74 Å². The molecule has 0 saturated carbocycles. The van der Waals surface area contributed by atoms with Crippen LogP contribution in [-0.4, -0.2) is 47.0 Å². The second-order valence-electron chi connectivity index (χ2n) is 7.82. The Labute approximate surface area is 186 Å². The number of aromatic nitrogens is 2. The normalized spacial score (nSPS) is 16.5. The standard InChI is InChI=1S/C24H26FN5O2/c1-16-5-4-10-26-24(16)28-18-8-9-21(27-13-18)22-14-30(11-12-32-22)15-23(31)29-20-7-3-6-19(25)17(20)2/h3-10,13,22H,11-12,14-15H2,1-2H3,(H,26,28)(H,29,31). The van der Waals surface area contributed by atoms with Gasteiger partial charge in [-0.15, -0.1) is 0 Å². The van der Waals surface area contributed by atoms with Gasteiger partial charge in [-0.05, 0) is 49.7 Å². The first-order valence-corrected chi connectivity index (χ1v) is 10.5. The number of pyridine rings is 2. The molecule has 4 rings (SSSR count). The summed E-state index contributed by atoms with van der Waals surface area (Å²) in [4.78, 5) is 23.4. The number of anilines is 3. The highest BCUT2D eigenvalue weighted by Crippen LogP contribution is 2.23. The van der Waals surface area contributed by atoms with E-state index in [1.54, 1.807) is 31.5 Å². The Hall–Kier alpha value is -3.36. The Bertz CT molecular complexity index is 1090. The zero-order valence-corrected chi connectivity index (χ0v) is 18.1. The number of rotatable bonds is 6. The first-order valence-electron chi connectivity index (χ1n) is 10.5. The summed E-state index contributed by atoms with van der Waals surface area (Å²) in [5.74, 6) is 0.274. The third kappa shape index (κ3) is 5.27. The van der Waals surface area contributed by atoms with Crippen molar-refractivity contribution in [2.24, 2.45) is 0 Å². The molecular formula is C24H26FN5O2. The summed E-state index contributed by atoms with van der Waals surface area (Å²) < 4.78 is 19.6. The van der Waals surface area contributed by atoms with E-state index in [1.165, 1.54) is 6.07 Å². The van der Waals surface area contributed by atoms with Gasteiger partial charge >= 0.3 is 0 Å². The van der Waals surface area contributed by atoms with E-state index in [2.05, 4.69) is 20.6 Å². The second kappa shape index (κ2) is 9.84. The fraction of sp³-hybridized carbons (Fsp3) is 0.292. The van der Waals surface area contributed by atoms with Crippen molar-refractivity contribution in [2.75, 3.05) is 36.9 Å². The molecule has 1 aliphatic rings. The van der Waals surface area contributed by atoms with Crippen molar-refractivity contribution in [3.05, 3.63) is 77.5 Å². The summed E-state index contributed by atoms with van der Waals surface area (Å²) in [7, 11) is 0. The molecule has 3 heterocycles. The second-order valence-corrected chi connectivity index (χ2v) is 7.82. The zero-order valence-electron chi connectivity index (χ0n) is 18.1. The molecule has 7 nitrogen and oxygen atoms in total. The maximum Gasteiger partial charge on any atom is 0.238 e. The van der Waals surface area contributed by atoms with E-state index in [-0.39, 0.29) is 24.4 Å². The first kappa shape index (κ1) is 21.9. The van der Waals surface area contributed by atoms with Crippen LogP contribution >= 0.6 is 0 Å². The molecule has 1 amide bonds. The first-order chi connectivity index (χ1) is 15.5. The fourth-order valence-electron chi connectivity index (χ4n) is 3.58. The van der Waals surface area contributed by atoms with Crippen LogP contribution in [-0.2, 0) is 9.53 Å². The number of carbonyl (C=O) groups is 1. The SMILES string of the molecule is Cc1cccnc1Nc1ccc(C2CN(CC(=O)Nc3cccc(F)c3C)CCO2)nc1. The molecule has 1 saturated heterocycles. The van der Waals surface area contributed by atoms with Crippen LogP contribution in [0.3, 0.4) is 0 Å². The van der Waals surface area contributed by atoms with E-state index in [9.17, 15) is 9.18 Å². The fourth-order valence-corrected chi connectivity index (χ4v) is 3.58. The van der Waals surface area contributed by atoms with Crippen LogP contribution in [0.2, 0.25) is 0 Å². The molecule has 0 aliphatic carbocycles. The van der Waals surface area contributed by atoms with E-state index >= 15 is 0 Å². The quantitative estimate of drug-likeness (QED) is 0.610. The van der Waals surface area contributed by atoms with Gasteiger partial charge in [0, 0.05) is 30.5 Å². The molecule has 8 heteroatoms. The van der Waals surface area contributed by atoms with E-state index in [0.29, 0.717) is 30.9 Å². The summed E-state index contributed by atoms with van der Waals surface area (Å²) >= 11 is 0. The number of amides is 1. The smallest absolute Gasteiger partial charge is 0.238 e. The van der Waals surface area contributed by atoms with Gasteiger partial charge in [-0.3, -0.25) is 14.7 Å². The maximum absolute atomic E-state index is 13.7. The average Bonchev–Trinajstić information content (AvgIpc) is 2.79. The lowest BCUT2D eigenvalue weighted by Gasteiger charge is -2.32. The van der Waals surface area contributed by atoms with Crippen molar-refractivity contribution in [1.29, 1.82) is 0 Å². The zero-order chi connectivity index (χ0) is 22.5. The van der Waals surface area contributed by atoms with Crippen molar-refractivity contribution >= 4 is 23.1 Å². The van der Waals surface area contributed by atoms with Crippen LogP contribution in [0.15, 0.2) is 54.9 Å². The number of hydrogen-bond donors (Lipinski definition) is 2. The minimum absolute atomic E-state index is 0.183. The summed E-state index contributed by atoms with van der Waals surface area (Å²) in [6.45, 7) is 5.54. The Morgan fingerprint density at radius 2 is 2.06 bits per heavy atom. The predicted molar refractivity (Wildman–Crippen MR) is 121 cm³/mol. The highest BCUT2D eigenvalue weighted by Gasteiger charge is 2.24. The Balaban J connectivity index is 1.34. The van der Waals surface area contributed by atoms with Crippen molar-refractivity contribution in [3.8, 4) is 0 Å². The van der Waals surface area contributed by atoms with Crippen LogP contribution in [0.5, 0.6) is 0 Å². The molecule has 0 bridgehead atoms. The third-order valence-corrected chi connectivity index (χ3v) is 5.45. The molecule has 1 atom stereocenters. The van der Waals surface area contributed by atoms with Gasteiger partial charge in [0.05, 0.1) is 30.7 Å². The van der Waals surface area contributed by atoms with Gasteiger partial charge in [-0.2, -0.15) is 0 Å². The molecule has 1 unspecified atom stereocenters. The van der Waals surface area contributed by atoms with Gasteiger partial charge in [0.2, 0.25) is 5.91 Å². The average molecular weight is 436 g/mol. The van der Waals surface area contributed by atoms with Crippen LogP contribution in [0.1, 0.15) is 22.9 Å². The van der Waals surface area contributed by atoms with Gasteiger partial charge in [0.1, 0.15) is 17.7 Å². The summed E-state index contributed by atoms with van der Waals surface area (Å²) in [5.41, 5.74) is 3.62. The Morgan fingerprint density at radius 3 is 2.84 bits per heavy atom. The van der Waals surface area contributed by atoms with Crippen LogP contribution < -0.4 is 10.6 Å². The lowest BCUT2D eigenvalue weighted by atomic mass is 10.1. The number of benzene rings is 1. The molecule has 1 aromatic carbocycles. The van der Waals surface area contributed by atoms with Gasteiger partial charge in [0.25, 0.3) is 0 Å². The van der Waals surface area contributed by atoms with Crippen molar-refractivity contribution in [1.82, 2.24) is 14.9 Å². The number of morpholine rings is 1. The van der Waals surface area contributed by atoms with Gasteiger partial charge in [-0.25, -0.2) is 9.37 Å². The van der Waals surface area contributed by atoms with Gasteiger partial charge in [-0.1, -0.05) is 12.1 Å². The van der Waals surface area contributed by atoms with E-state index in [1.807, 2.05) is 36.1 Å². The minimum Gasteiger partial charge on any atom is -0.369 e. The number of halogens is 1. The van der Waals surface area contributed by atoms with Crippen molar-refractivity contribution in [2.45, 2.75) is 20.0 Å². The highest BCUT2D eigenvalue weighted by molar-refractivity contribution is 5.93. The summed E-state index contributed by atoms with van der Waals surface area (Å²) in [5, 5.41) is 6.06. The lowest BCUT2D eigenvalue weighted by molar-refractivity contribution is -0.119. The largest absolute Gasteiger partial charge is 0.369 e. The molecule has 1 aliphatic heterocycles. The van der Waals surface area contributed by atoms with E-state index < -0.39 is 0 Å². The predicted octanol–water partition coefficient (Wildman–Crippen LogP) is 3.99. The molecular weight excluding hydrogens is 409 g/mol. The molecule has 32 heavy (non-hydrogen) atoms. The number of carbonyl (C=O) groups excluding carboxylic acids is 1. The van der Waals surface area contributed by atoms with Crippen molar-refractivity contribution < 1.29 is 13.9 Å². The molecule has 166 valence electrons. The third-order valence-electron chi connectivity index (χ3n) is 5.45. The number of nitrogens with zero attached hydrogens (tertiary/aromatic N) is 3. The molecule has 2 aromatic heterocycles. The molecule has 3 aromatic rings. The van der Waals surface area contributed by atoms with Crippen LogP contribution in [0, 0.1) is 19.7 Å². The number of aryl methyl sites for hydroxylation is 1. The number of ether oxygens (including phenoxy) is 1. The monoisotopic (exact) mass is 435 g/mol. The highest BCUT2D eigenvalue weighted by atomic mass is 19.1. The minimum atomic E-state index is -0.337. The summed E-state index contributed by atoms with van der Waals surface area (Å²) in [6, 6.07) is 12.4. The number of nitrogens with one attached hydrogen (secondary N) is 2. The maximum atomic E-state index is 13.7. The van der Waals surface area contributed by atoms with Crippen LogP contribution in [0.4, 0.5) is 21.6 Å². The molecule has 0 spiro atoms. The Kier molecular flexibility index (Phi) is 6.72. The Morgan fingerprint density at radius 1 is 1.19 bits per heavy atom. The summed E-state index contributed by atoms with van der Waals surface area (Å²) in [6.07, 6.45) is 3.27. The van der Waals surface area contributed by atoms with E-state index in [0.717, 1.165) is 22.8 Å². The lowest BCUT2D eigenvalue weighted by Crippen LogP contribution is -2.42. The molecule has 2 N–H and O–H groups in total. The number of hydrogen-bond acceptors (Lipinski definition) is 6. The van der Waals surface area contributed by atoms with Gasteiger partial charge < -0.3 is 15.4 Å². The van der Waals surface area contributed by atoms with Crippen molar-refractivity contribution in [3.63, 3.8) is 0 Å². The van der Waals surface area contributed by atoms with Gasteiger partial charge in [0.15, 0.2) is 0 Å².